The molecule has 0 radical (unpaired) electrons. The van der Waals surface area contributed by atoms with Crippen LogP contribution in [0.1, 0.15) is 27.6 Å². The molecular weight excluding hydrogens is 342 g/mol. The largest absolute Gasteiger partial charge is 0.508 e. The summed E-state index contributed by atoms with van der Waals surface area (Å²) < 4.78 is 7.35. The second-order valence-electron chi connectivity index (χ2n) is 6.52. The first-order valence-electron chi connectivity index (χ1n) is 8.59. The molecule has 1 aromatic carbocycles. The lowest BCUT2D eigenvalue weighted by atomic mass is 9.95. The van der Waals surface area contributed by atoms with Crippen molar-refractivity contribution in [2.45, 2.75) is 20.8 Å². The molecule has 3 heterocycles. The number of aromatic hydroxyl groups is 1. The second-order valence-corrected chi connectivity index (χ2v) is 6.52. The van der Waals surface area contributed by atoms with Crippen molar-refractivity contribution in [2.75, 3.05) is 0 Å². The van der Waals surface area contributed by atoms with Gasteiger partial charge in [0.15, 0.2) is 6.29 Å². The van der Waals surface area contributed by atoms with E-state index in [0.717, 1.165) is 40.1 Å². The number of nitrogens with zero attached hydrogens (tertiary/aromatic N) is 2. The fraction of sp³-hybridized carbons (Fsp3) is 0.143. The fourth-order valence-corrected chi connectivity index (χ4v) is 3.50. The zero-order chi connectivity index (χ0) is 19.1. The average molecular weight is 361 g/mol. The lowest BCUT2D eigenvalue weighted by Gasteiger charge is -2.11. The van der Waals surface area contributed by atoms with Crippen LogP contribution in [-0.2, 0) is 0 Å². The first kappa shape index (κ1) is 16.9. The number of benzene rings is 1. The summed E-state index contributed by atoms with van der Waals surface area (Å²) in [6.07, 6.45) is 2.75. The number of aldehydes is 1. The van der Waals surface area contributed by atoms with Crippen molar-refractivity contribution in [1.29, 1.82) is 0 Å². The van der Waals surface area contributed by atoms with E-state index in [1.54, 1.807) is 12.1 Å². The molecule has 0 saturated carbocycles. The molecule has 0 fully saturated rings. The van der Waals surface area contributed by atoms with E-state index in [9.17, 15) is 9.90 Å². The minimum Gasteiger partial charge on any atom is -0.508 e. The summed E-state index contributed by atoms with van der Waals surface area (Å²) in [6.45, 7) is 5.68. The number of rotatable bonds is 4. The zero-order valence-electron chi connectivity index (χ0n) is 15.3. The normalized spacial score (nSPS) is 11.1. The predicted molar refractivity (Wildman–Crippen MR) is 102 cm³/mol. The van der Waals surface area contributed by atoms with Gasteiger partial charge in [0.1, 0.15) is 17.3 Å². The molecule has 4 aromatic rings. The molecule has 4 rings (SSSR count). The van der Waals surface area contributed by atoms with Crippen LogP contribution in [0.3, 0.4) is 0 Å². The van der Waals surface area contributed by atoms with Gasteiger partial charge in [-0.3, -0.25) is 4.79 Å². The number of carbonyl (C=O) groups excluding carboxylic acids is 1. The summed E-state index contributed by atoms with van der Waals surface area (Å²) in [6, 6.07) is 10.9. The number of aromatic amines is 1. The predicted octanol–water partition coefficient (Wildman–Crippen LogP) is 4.57. The van der Waals surface area contributed by atoms with Crippen molar-refractivity contribution < 1.29 is 14.4 Å². The van der Waals surface area contributed by atoms with Crippen LogP contribution in [-0.4, -0.2) is 26.1 Å². The van der Waals surface area contributed by atoms with Gasteiger partial charge >= 0.3 is 0 Å². The summed E-state index contributed by atoms with van der Waals surface area (Å²) in [5.74, 6) is 1.60. The van der Waals surface area contributed by atoms with E-state index in [0.29, 0.717) is 17.1 Å². The lowest BCUT2D eigenvalue weighted by molar-refractivity contribution is 0.112. The molecular formula is C21H19N3O3. The number of hydrogen-bond acceptors (Lipinski definition) is 4. The molecule has 2 N–H and O–H groups in total. The summed E-state index contributed by atoms with van der Waals surface area (Å²) >= 11 is 0. The van der Waals surface area contributed by atoms with Crippen LogP contribution >= 0.6 is 0 Å². The third kappa shape index (κ3) is 2.66. The Labute approximate surface area is 156 Å². The zero-order valence-corrected chi connectivity index (χ0v) is 15.3. The van der Waals surface area contributed by atoms with Crippen LogP contribution in [0.25, 0.3) is 28.1 Å². The Morgan fingerprint density at radius 3 is 2.37 bits per heavy atom. The SMILES string of the molecule is Cc1noc(C)c1-c1c(C=O)[nH]c(-n2cccc2C)c1-c1ccc(O)cc1. The molecule has 0 atom stereocenters. The van der Waals surface area contributed by atoms with E-state index in [2.05, 4.69) is 10.1 Å². The first-order chi connectivity index (χ1) is 13.0. The minimum absolute atomic E-state index is 0.183. The van der Waals surface area contributed by atoms with Crippen LogP contribution in [0.2, 0.25) is 0 Å². The maximum atomic E-state index is 11.9. The Kier molecular flexibility index (Phi) is 3.96. The Balaban J connectivity index is 2.12. The summed E-state index contributed by atoms with van der Waals surface area (Å²) in [5, 5.41) is 13.8. The van der Waals surface area contributed by atoms with E-state index in [4.69, 9.17) is 4.52 Å². The molecule has 0 aliphatic heterocycles. The number of carbonyl (C=O) groups is 1. The summed E-state index contributed by atoms with van der Waals surface area (Å²) in [7, 11) is 0. The van der Waals surface area contributed by atoms with Crippen molar-refractivity contribution in [3.63, 3.8) is 0 Å². The van der Waals surface area contributed by atoms with Gasteiger partial charge < -0.3 is 19.2 Å². The quantitative estimate of drug-likeness (QED) is 0.522. The van der Waals surface area contributed by atoms with Gasteiger partial charge in [-0.15, -0.1) is 0 Å². The number of aryl methyl sites for hydroxylation is 3. The Bertz CT molecular complexity index is 1110. The van der Waals surface area contributed by atoms with Crippen LogP contribution < -0.4 is 0 Å². The van der Waals surface area contributed by atoms with Gasteiger partial charge in [0.25, 0.3) is 0 Å². The van der Waals surface area contributed by atoms with E-state index in [1.807, 2.05) is 55.8 Å². The number of H-pyrrole nitrogens is 1. The fourth-order valence-electron chi connectivity index (χ4n) is 3.50. The van der Waals surface area contributed by atoms with Gasteiger partial charge in [-0.2, -0.15) is 0 Å². The van der Waals surface area contributed by atoms with Crippen LogP contribution in [0.5, 0.6) is 5.75 Å². The van der Waals surface area contributed by atoms with Gasteiger partial charge in [0.05, 0.1) is 17.0 Å². The van der Waals surface area contributed by atoms with Gasteiger partial charge in [0, 0.05) is 23.0 Å². The van der Waals surface area contributed by atoms with E-state index < -0.39 is 0 Å². The second kappa shape index (κ2) is 6.32. The molecule has 0 spiro atoms. The Morgan fingerprint density at radius 1 is 1.07 bits per heavy atom. The molecule has 6 nitrogen and oxygen atoms in total. The highest BCUT2D eigenvalue weighted by Crippen LogP contribution is 2.42. The van der Waals surface area contributed by atoms with Crippen LogP contribution in [0.4, 0.5) is 0 Å². The van der Waals surface area contributed by atoms with Crippen molar-refractivity contribution in [1.82, 2.24) is 14.7 Å². The van der Waals surface area contributed by atoms with Crippen molar-refractivity contribution in [3.05, 3.63) is 65.4 Å². The Hall–Kier alpha value is -3.54. The average Bonchev–Trinajstić information content (AvgIpc) is 3.32. The topological polar surface area (TPSA) is 84.0 Å². The molecule has 6 heteroatoms. The molecule has 136 valence electrons. The van der Waals surface area contributed by atoms with Gasteiger partial charge in [-0.05, 0) is 50.6 Å². The molecule has 0 aliphatic carbocycles. The summed E-state index contributed by atoms with van der Waals surface area (Å²) in [4.78, 5) is 15.2. The standard InChI is InChI=1S/C21H19N3O3/c1-12-5-4-10-24(12)21-19(15-6-8-16(26)9-7-15)20(17(11-25)22-21)18-13(2)23-27-14(18)3/h4-11,22,26H,1-3H3. The van der Waals surface area contributed by atoms with Gasteiger partial charge in [-0.25, -0.2) is 0 Å². The molecule has 0 amide bonds. The molecule has 0 bridgehead atoms. The highest BCUT2D eigenvalue weighted by Gasteiger charge is 2.26. The molecule has 0 unspecified atom stereocenters. The number of nitrogens with one attached hydrogen (secondary N) is 1. The van der Waals surface area contributed by atoms with Gasteiger partial charge in [-0.1, -0.05) is 17.3 Å². The molecule has 3 aromatic heterocycles. The Morgan fingerprint density at radius 2 is 1.81 bits per heavy atom. The molecule has 0 aliphatic rings. The van der Waals surface area contributed by atoms with Crippen molar-refractivity contribution >= 4 is 6.29 Å². The highest BCUT2D eigenvalue weighted by atomic mass is 16.5. The lowest BCUT2D eigenvalue weighted by Crippen LogP contribution is -1.97. The third-order valence-electron chi connectivity index (χ3n) is 4.76. The maximum absolute atomic E-state index is 11.9. The van der Waals surface area contributed by atoms with Crippen LogP contribution in [0, 0.1) is 20.8 Å². The molecule has 0 saturated heterocycles. The van der Waals surface area contributed by atoms with E-state index in [1.165, 1.54) is 0 Å². The number of phenols is 1. The summed E-state index contributed by atoms with van der Waals surface area (Å²) in [5.41, 5.74) is 5.46. The highest BCUT2D eigenvalue weighted by molar-refractivity contribution is 5.99. The third-order valence-corrected chi connectivity index (χ3v) is 4.76. The number of aromatic nitrogens is 3. The van der Waals surface area contributed by atoms with E-state index >= 15 is 0 Å². The minimum atomic E-state index is 0.183. The van der Waals surface area contributed by atoms with Crippen molar-refractivity contribution in [2.24, 2.45) is 0 Å². The maximum Gasteiger partial charge on any atom is 0.166 e. The van der Waals surface area contributed by atoms with Crippen LogP contribution in [0.15, 0.2) is 47.1 Å². The van der Waals surface area contributed by atoms with Crippen molar-refractivity contribution in [3.8, 4) is 33.8 Å². The monoisotopic (exact) mass is 361 g/mol. The first-order valence-corrected chi connectivity index (χ1v) is 8.59. The number of hydrogen-bond donors (Lipinski definition) is 2. The van der Waals surface area contributed by atoms with E-state index in [-0.39, 0.29) is 5.75 Å². The molecule has 27 heavy (non-hydrogen) atoms. The smallest absolute Gasteiger partial charge is 0.166 e. The van der Waals surface area contributed by atoms with Gasteiger partial charge in [0.2, 0.25) is 0 Å². The number of phenolic OH excluding ortho intramolecular Hbond substituents is 1.